The van der Waals surface area contributed by atoms with Crippen molar-refractivity contribution < 1.29 is 9.84 Å². The molecular weight excluding hydrogens is 130 g/mol. The van der Waals surface area contributed by atoms with E-state index in [1.807, 2.05) is 0 Å². The van der Waals surface area contributed by atoms with E-state index in [0.29, 0.717) is 0 Å². The van der Waals surface area contributed by atoms with Gasteiger partial charge < -0.3 is 15.2 Å². The fourth-order valence-electron chi connectivity index (χ4n) is 1.22. The van der Waals surface area contributed by atoms with Crippen LogP contribution >= 0.6 is 0 Å². The highest BCUT2D eigenvalue weighted by Gasteiger charge is 2.16. The number of hydrogen-bond acceptors (Lipinski definition) is 3. The van der Waals surface area contributed by atoms with Gasteiger partial charge in [-0.15, -0.1) is 0 Å². The van der Waals surface area contributed by atoms with Gasteiger partial charge >= 0.3 is 0 Å². The van der Waals surface area contributed by atoms with Gasteiger partial charge in [0.15, 0.2) is 0 Å². The third-order valence-electron chi connectivity index (χ3n) is 1.89. The first kappa shape index (κ1) is 7.98. The first-order chi connectivity index (χ1) is 4.83. The van der Waals surface area contributed by atoms with Crippen LogP contribution in [-0.2, 0) is 4.74 Å². The number of hydrogen-bond donors (Lipinski definition) is 2. The van der Waals surface area contributed by atoms with Gasteiger partial charge in [-0.1, -0.05) is 0 Å². The second kappa shape index (κ2) is 3.91. The molecule has 0 aromatic rings. The average Bonchev–Trinajstić information content (AvgIpc) is 2.13. The zero-order valence-corrected chi connectivity index (χ0v) is 6.34. The highest BCUT2D eigenvalue weighted by molar-refractivity contribution is 4.72. The minimum absolute atomic E-state index is 0.181. The van der Waals surface area contributed by atoms with Crippen LogP contribution in [0, 0.1) is 0 Å². The summed E-state index contributed by atoms with van der Waals surface area (Å²) in [7, 11) is 1.68. The Bertz CT molecular complexity index is 97.6. The van der Waals surface area contributed by atoms with Gasteiger partial charge in [-0.05, 0) is 13.0 Å². The molecule has 0 bridgehead atoms. The normalized spacial score (nSPS) is 35.4. The number of rotatable bonds is 1. The summed E-state index contributed by atoms with van der Waals surface area (Å²) in [4.78, 5) is 0. The van der Waals surface area contributed by atoms with Crippen molar-refractivity contribution in [2.75, 3.05) is 20.2 Å². The summed E-state index contributed by atoms with van der Waals surface area (Å²) >= 11 is 0. The molecule has 1 heterocycles. The van der Waals surface area contributed by atoms with Crippen LogP contribution in [0.15, 0.2) is 0 Å². The number of aliphatic hydroxyl groups excluding tert-OH is 1. The van der Waals surface area contributed by atoms with Crippen molar-refractivity contribution in [2.45, 2.75) is 25.0 Å². The van der Waals surface area contributed by atoms with Crippen LogP contribution in [-0.4, -0.2) is 37.5 Å². The first-order valence-corrected chi connectivity index (χ1v) is 3.74. The smallest absolute Gasteiger partial charge is 0.0720 e. The molecule has 0 aromatic carbocycles. The summed E-state index contributed by atoms with van der Waals surface area (Å²) in [6, 6.07) is 0. The standard InChI is InChI=1S/C7H15NO2/c1-10-7-4-6(9)2-3-8-5-7/h6-9H,2-5H2,1H3. The van der Waals surface area contributed by atoms with Crippen LogP contribution in [0.3, 0.4) is 0 Å². The fourth-order valence-corrected chi connectivity index (χ4v) is 1.22. The Morgan fingerprint density at radius 1 is 1.60 bits per heavy atom. The Hall–Kier alpha value is -0.120. The molecule has 1 fully saturated rings. The first-order valence-electron chi connectivity index (χ1n) is 3.74. The summed E-state index contributed by atoms with van der Waals surface area (Å²) in [5.41, 5.74) is 0. The van der Waals surface area contributed by atoms with Crippen LogP contribution in [0.2, 0.25) is 0 Å². The Morgan fingerprint density at radius 2 is 2.40 bits per heavy atom. The molecule has 10 heavy (non-hydrogen) atoms. The van der Waals surface area contributed by atoms with Crippen LogP contribution in [0.1, 0.15) is 12.8 Å². The molecule has 3 nitrogen and oxygen atoms in total. The van der Waals surface area contributed by atoms with E-state index in [-0.39, 0.29) is 12.2 Å². The highest BCUT2D eigenvalue weighted by Crippen LogP contribution is 2.07. The number of ether oxygens (including phenoxy) is 1. The van der Waals surface area contributed by atoms with E-state index in [1.165, 1.54) is 0 Å². The van der Waals surface area contributed by atoms with Gasteiger partial charge in [0.25, 0.3) is 0 Å². The summed E-state index contributed by atoms with van der Waals surface area (Å²) in [5.74, 6) is 0. The number of methoxy groups -OCH3 is 1. The zero-order chi connectivity index (χ0) is 7.40. The number of aliphatic hydroxyl groups is 1. The lowest BCUT2D eigenvalue weighted by molar-refractivity contribution is 0.0556. The molecule has 0 amide bonds. The Labute approximate surface area is 61.4 Å². The molecule has 2 N–H and O–H groups in total. The van der Waals surface area contributed by atoms with Crippen LogP contribution < -0.4 is 5.32 Å². The summed E-state index contributed by atoms with van der Waals surface area (Å²) in [6.45, 7) is 1.77. The van der Waals surface area contributed by atoms with E-state index in [9.17, 15) is 5.11 Å². The second-order valence-electron chi connectivity index (χ2n) is 2.74. The highest BCUT2D eigenvalue weighted by atomic mass is 16.5. The lowest BCUT2D eigenvalue weighted by atomic mass is 10.1. The molecule has 0 aliphatic carbocycles. The summed E-state index contributed by atoms with van der Waals surface area (Å²) < 4.78 is 5.12. The minimum Gasteiger partial charge on any atom is -0.393 e. The predicted molar refractivity (Wildman–Crippen MR) is 38.9 cm³/mol. The predicted octanol–water partition coefficient (Wildman–Crippen LogP) is -0.254. The SMILES string of the molecule is COC1CNCCC(O)C1. The molecule has 0 radical (unpaired) electrons. The van der Waals surface area contributed by atoms with Crippen molar-refractivity contribution in [3.8, 4) is 0 Å². The van der Waals surface area contributed by atoms with Gasteiger partial charge in [0.05, 0.1) is 12.2 Å². The van der Waals surface area contributed by atoms with E-state index in [1.54, 1.807) is 7.11 Å². The van der Waals surface area contributed by atoms with Gasteiger partial charge in [-0.2, -0.15) is 0 Å². The monoisotopic (exact) mass is 145 g/mol. The Morgan fingerprint density at radius 3 is 3.10 bits per heavy atom. The van der Waals surface area contributed by atoms with Crippen LogP contribution in [0.25, 0.3) is 0 Å². The maximum atomic E-state index is 9.27. The molecule has 60 valence electrons. The largest absolute Gasteiger partial charge is 0.393 e. The van der Waals surface area contributed by atoms with Crippen molar-refractivity contribution in [2.24, 2.45) is 0 Å². The van der Waals surface area contributed by atoms with Gasteiger partial charge in [0, 0.05) is 20.1 Å². The van der Waals surface area contributed by atoms with Gasteiger partial charge in [0.1, 0.15) is 0 Å². The third-order valence-corrected chi connectivity index (χ3v) is 1.89. The quantitative estimate of drug-likeness (QED) is 0.534. The topological polar surface area (TPSA) is 41.5 Å². The van der Waals surface area contributed by atoms with Gasteiger partial charge in [-0.25, -0.2) is 0 Å². The van der Waals surface area contributed by atoms with E-state index < -0.39 is 0 Å². The zero-order valence-electron chi connectivity index (χ0n) is 6.34. The average molecular weight is 145 g/mol. The Balaban J connectivity index is 2.30. The maximum absolute atomic E-state index is 9.27. The van der Waals surface area contributed by atoms with Crippen LogP contribution in [0.4, 0.5) is 0 Å². The molecule has 1 aliphatic heterocycles. The molecule has 1 aliphatic rings. The lowest BCUT2D eigenvalue weighted by Gasteiger charge is -2.13. The lowest BCUT2D eigenvalue weighted by Crippen LogP contribution is -2.26. The molecule has 0 aromatic heterocycles. The number of nitrogens with one attached hydrogen (secondary N) is 1. The van der Waals surface area contributed by atoms with Gasteiger partial charge in [0.2, 0.25) is 0 Å². The molecule has 1 rings (SSSR count). The molecule has 1 saturated heterocycles. The molecular formula is C7H15NO2. The Kier molecular flexibility index (Phi) is 3.12. The molecule has 2 unspecified atom stereocenters. The maximum Gasteiger partial charge on any atom is 0.0720 e. The van der Waals surface area contributed by atoms with Gasteiger partial charge in [-0.3, -0.25) is 0 Å². The summed E-state index contributed by atoms with van der Waals surface area (Å²) in [5, 5.41) is 12.5. The van der Waals surface area contributed by atoms with E-state index in [2.05, 4.69) is 5.32 Å². The minimum atomic E-state index is -0.181. The van der Waals surface area contributed by atoms with E-state index in [4.69, 9.17) is 4.74 Å². The van der Waals surface area contributed by atoms with E-state index in [0.717, 1.165) is 25.9 Å². The van der Waals surface area contributed by atoms with Crippen molar-refractivity contribution in [1.82, 2.24) is 5.32 Å². The van der Waals surface area contributed by atoms with Crippen LogP contribution in [0.5, 0.6) is 0 Å². The van der Waals surface area contributed by atoms with Crippen molar-refractivity contribution >= 4 is 0 Å². The molecule has 0 saturated carbocycles. The van der Waals surface area contributed by atoms with Crippen molar-refractivity contribution in [1.29, 1.82) is 0 Å². The van der Waals surface area contributed by atoms with Crippen molar-refractivity contribution in [3.63, 3.8) is 0 Å². The molecule has 0 spiro atoms. The fraction of sp³-hybridized carbons (Fsp3) is 1.00. The molecule has 3 heteroatoms. The third kappa shape index (κ3) is 2.25. The summed E-state index contributed by atoms with van der Waals surface area (Å²) in [6.07, 6.45) is 1.63. The van der Waals surface area contributed by atoms with E-state index >= 15 is 0 Å². The second-order valence-corrected chi connectivity index (χ2v) is 2.74. The molecule has 2 atom stereocenters. The van der Waals surface area contributed by atoms with Crippen molar-refractivity contribution in [3.05, 3.63) is 0 Å².